The van der Waals surface area contributed by atoms with Crippen LogP contribution >= 0.6 is 11.3 Å². The van der Waals surface area contributed by atoms with Crippen LogP contribution in [0, 0.1) is 0 Å². The fraction of sp³-hybridized carbons (Fsp3) is 0.226. The van der Waals surface area contributed by atoms with Crippen molar-refractivity contribution in [3.8, 4) is 11.5 Å². The molecule has 1 amide bonds. The molecule has 206 valence electrons. The van der Waals surface area contributed by atoms with Gasteiger partial charge in [0.25, 0.3) is 5.91 Å². The molecule has 9 heteroatoms. The molecule has 3 aromatic carbocycles. The van der Waals surface area contributed by atoms with E-state index in [9.17, 15) is 13.2 Å². The van der Waals surface area contributed by atoms with Crippen LogP contribution in [0.4, 0.5) is 5.69 Å². The number of sulfone groups is 1. The number of nitrogens with zero attached hydrogens (tertiary/aromatic N) is 2. The first-order valence-electron chi connectivity index (χ1n) is 12.9. The van der Waals surface area contributed by atoms with Crippen molar-refractivity contribution < 1.29 is 22.7 Å². The van der Waals surface area contributed by atoms with Gasteiger partial charge in [0, 0.05) is 28.3 Å². The highest BCUT2D eigenvalue weighted by molar-refractivity contribution is 7.90. The molecule has 1 aromatic heterocycles. The lowest BCUT2D eigenvalue weighted by atomic mass is 10.0. The number of thiophene rings is 1. The Bertz CT molecular complexity index is 1610. The van der Waals surface area contributed by atoms with Crippen molar-refractivity contribution in [2.45, 2.75) is 19.5 Å². The van der Waals surface area contributed by atoms with Gasteiger partial charge in [0.1, 0.15) is 9.84 Å². The number of methoxy groups -OCH3 is 1. The Labute approximate surface area is 238 Å². The molecular weight excluding hydrogens is 544 g/mol. The van der Waals surface area contributed by atoms with Gasteiger partial charge in [0.2, 0.25) is 0 Å². The van der Waals surface area contributed by atoms with E-state index in [1.807, 2.05) is 73.0 Å². The van der Waals surface area contributed by atoms with E-state index in [2.05, 4.69) is 0 Å². The first kappa shape index (κ1) is 27.6. The summed E-state index contributed by atoms with van der Waals surface area (Å²) in [5.41, 5.74) is 4.91. The summed E-state index contributed by atoms with van der Waals surface area (Å²) < 4.78 is 36.2. The predicted octanol–water partition coefficient (Wildman–Crippen LogP) is 6.07. The van der Waals surface area contributed by atoms with Gasteiger partial charge in [0.15, 0.2) is 11.5 Å². The van der Waals surface area contributed by atoms with Crippen LogP contribution in [-0.2, 0) is 16.4 Å². The van der Waals surface area contributed by atoms with E-state index in [4.69, 9.17) is 14.5 Å². The zero-order chi connectivity index (χ0) is 28.3. The van der Waals surface area contributed by atoms with Crippen LogP contribution in [-0.4, -0.2) is 50.7 Å². The van der Waals surface area contributed by atoms with Crippen molar-refractivity contribution in [1.29, 1.82) is 0 Å². The molecule has 0 N–H and O–H groups in total. The van der Waals surface area contributed by atoms with Crippen LogP contribution in [0.5, 0.6) is 11.5 Å². The molecule has 40 heavy (non-hydrogen) atoms. The maximum atomic E-state index is 13.7. The molecule has 5 rings (SSSR count). The normalized spacial score (nSPS) is 13.6. The maximum Gasteiger partial charge on any atom is 0.265 e. The molecule has 2 heterocycles. The number of hydrogen-bond acceptors (Lipinski definition) is 7. The zero-order valence-electron chi connectivity index (χ0n) is 22.5. The molecule has 0 spiro atoms. The van der Waals surface area contributed by atoms with E-state index in [1.165, 1.54) is 17.6 Å². The molecule has 0 saturated heterocycles. The van der Waals surface area contributed by atoms with Crippen LogP contribution in [0.2, 0.25) is 0 Å². The van der Waals surface area contributed by atoms with Crippen molar-refractivity contribution in [2.75, 3.05) is 25.7 Å². The second kappa shape index (κ2) is 11.7. The molecule has 0 aliphatic carbocycles. The zero-order valence-corrected chi connectivity index (χ0v) is 24.2. The van der Waals surface area contributed by atoms with Crippen molar-refractivity contribution in [2.24, 2.45) is 4.99 Å². The van der Waals surface area contributed by atoms with Gasteiger partial charge in [0.05, 0.1) is 48.3 Å². The number of ether oxygens (including phenoxy) is 2. The quantitative estimate of drug-likeness (QED) is 0.215. The fourth-order valence-corrected chi connectivity index (χ4v) is 6.75. The van der Waals surface area contributed by atoms with Crippen LogP contribution in [0.1, 0.15) is 44.9 Å². The molecule has 0 bridgehead atoms. The Kier molecular flexibility index (Phi) is 8.04. The Balaban J connectivity index is 1.55. The lowest BCUT2D eigenvalue weighted by Gasteiger charge is -2.28. The summed E-state index contributed by atoms with van der Waals surface area (Å²) in [7, 11) is -1.88. The number of carbonyl (C=O) groups excluding carboxylic acids is 1. The highest BCUT2D eigenvalue weighted by Crippen LogP contribution is 2.42. The molecule has 0 radical (unpaired) electrons. The number of amides is 1. The van der Waals surface area contributed by atoms with Crippen molar-refractivity contribution in [3.63, 3.8) is 0 Å². The molecule has 7 nitrogen and oxygen atoms in total. The van der Waals surface area contributed by atoms with Crippen LogP contribution in [0.25, 0.3) is 0 Å². The number of carbonyl (C=O) groups is 1. The second-order valence-electron chi connectivity index (χ2n) is 9.51. The Morgan fingerprint density at radius 3 is 2.23 bits per heavy atom. The van der Waals surface area contributed by atoms with E-state index < -0.39 is 15.9 Å². The van der Waals surface area contributed by atoms with Gasteiger partial charge < -0.3 is 14.4 Å². The van der Waals surface area contributed by atoms with Gasteiger partial charge in [-0.3, -0.25) is 4.79 Å². The monoisotopic (exact) mass is 574 g/mol. The number of aliphatic imine (C=N–C) groups is 1. The summed E-state index contributed by atoms with van der Waals surface area (Å²) in [4.78, 5) is 21.0. The number of fused-ring (bicyclic) bond motifs is 1. The minimum Gasteiger partial charge on any atom is -0.493 e. The fourth-order valence-electron chi connectivity index (χ4n) is 4.85. The van der Waals surface area contributed by atoms with Crippen LogP contribution in [0.15, 0.2) is 89.2 Å². The predicted molar refractivity (Wildman–Crippen MR) is 159 cm³/mol. The van der Waals surface area contributed by atoms with Gasteiger partial charge >= 0.3 is 0 Å². The van der Waals surface area contributed by atoms with Crippen LogP contribution < -0.4 is 9.47 Å². The molecule has 1 atom stereocenters. The van der Waals surface area contributed by atoms with Crippen molar-refractivity contribution >= 4 is 38.5 Å². The summed E-state index contributed by atoms with van der Waals surface area (Å²) >= 11 is 1.34. The molecule has 1 aliphatic rings. The average molecular weight is 575 g/mol. The summed E-state index contributed by atoms with van der Waals surface area (Å²) in [6.45, 7) is 2.54. The van der Waals surface area contributed by atoms with E-state index in [1.54, 1.807) is 30.2 Å². The van der Waals surface area contributed by atoms with Gasteiger partial charge in [-0.25, -0.2) is 13.4 Å². The standard InChI is InChI=1S/C31H30N2O5S2/c1-4-38-28-17-23(15-16-27(28)37-2)26(20-40(3,35)36)33-18-24-25(19-39-30(24)31(33)34)32-29(21-11-7-5-8-12-21)22-13-9-6-10-14-22/h5-17,19,26H,4,18,20H2,1-3H3/t26-/m1/s1. The molecule has 4 aromatic rings. The largest absolute Gasteiger partial charge is 0.493 e. The van der Waals surface area contributed by atoms with Gasteiger partial charge in [-0.15, -0.1) is 11.3 Å². The number of rotatable bonds is 10. The summed E-state index contributed by atoms with van der Waals surface area (Å²) in [5.74, 6) is 0.623. The summed E-state index contributed by atoms with van der Waals surface area (Å²) in [5, 5.41) is 1.90. The minimum atomic E-state index is -3.43. The van der Waals surface area contributed by atoms with E-state index in [-0.39, 0.29) is 18.2 Å². The lowest BCUT2D eigenvalue weighted by Crippen LogP contribution is -2.33. The summed E-state index contributed by atoms with van der Waals surface area (Å²) in [6.07, 6.45) is 1.19. The van der Waals surface area contributed by atoms with E-state index in [0.717, 1.165) is 22.4 Å². The molecule has 0 unspecified atom stereocenters. The Morgan fingerprint density at radius 1 is 1.00 bits per heavy atom. The highest BCUT2D eigenvalue weighted by atomic mass is 32.2. The maximum absolute atomic E-state index is 13.7. The van der Waals surface area contributed by atoms with Crippen LogP contribution in [0.3, 0.4) is 0 Å². The Hall–Kier alpha value is -3.95. The molecule has 0 fully saturated rings. The topological polar surface area (TPSA) is 85.3 Å². The third-order valence-electron chi connectivity index (χ3n) is 6.69. The van der Waals surface area contributed by atoms with Gasteiger partial charge in [-0.2, -0.15) is 0 Å². The molecule has 0 saturated carbocycles. The SMILES string of the molecule is CCOc1cc([C@@H](CS(C)(=O)=O)N2Cc3c(N=C(c4ccccc4)c4ccccc4)csc3C2=O)ccc1OC. The molecule has 1 aliphatic heterocycles. The highest BCUT2D eigenvalue weighted by Gasteiger charge is 2.38. The Morgan fingerprint density at radius 2 is 1.65 bits per heavy atom. The van der Waals surface area contributed by atoms with E-state index >= 15 is 0 Å². The first-order valence-corrected chi connectivity index (χ1v) is 15.8. The van der Waals surface area contributed by atoms with Crippen molar-refractivity contribution in [3.05, 3.63) is 111 Å². The minimum absolute atomic E-state index is 0.204. The number of hydrogen-bond donors (Lipinski definition) is 0. The summed E-state index contributed by atoms with van der Waals surface area (Å²) in [6, 6.07) is 24.4. The third kappa shape index (κ3) is 5.80. The van der Waals surface area contributed by atoms with Crippen molar-refractivity contribution in [1.82, 2.24) is 4.90 Å². The van der Waals surface area contributed by atoms with Gasteiger partial charge in [-0.05, 0) is 24.6 Å². The average Bonchev–Trinajstić information content (AvgIpc) is 3.50. The first-order chi connectivity index (χ1) is 19.3. The smallest absolute Gasteiger partial charge is 0.265 e. The second-order valence-corrected chi connectivity index (χ2v) is 12.6. The third-order valence-corrected chi connectivity index (χ3v) is 8.61. The van der Waals surface area contributed by atoms with Gasteiger partial charge in [-0.1, -0.05) is 66.7 Å². The molecular formula is C31H30N2O5S2. The number of benzene rings is 3. The lowest BCUT2D eigenvalue weighted by molar-refractivity contribution is 0.0721. The van der Waals surface area contributed by atoms with E-state index in [0.29, 0.717) is 34.2 Å².